The molecule has 0 unspecified atom stereocenters. The van der Waals surface area contributed by atoms with E-state index in [2.05, 4.69) is 27.4 Å². The Bertz CT molecular complexity index is 733. The van der Waals surface area contributed by atoms with Crippen LogP contribution in [0.5, 0.6) is 0 Å². The summed E-state index contributed by atoms with van der Waals surface area (Å²) >= 11 is 0. The van der Waals surface area contributed by atoms with Gasteiger partial charge >= 0.3 is 0 Å². The number of pyridine rings is 1. The fourth-order valence-corrected chi connectivity index (χ4v) is 3.15. The van der Waals surface area contributed by atoms with Crippen LogP contribution in [0.25, 0.3) is 0 Å². The molecule has 1 amide bonds. The Morgan fingerprint density at radius 1 is 1.15 bits per heavy atom. The molecule has 5 nitrogen and oxygen atoms in total. The van der Waals surface area contributed by atoms with Gasteiger partial charge in [-0.25, -0.2) is 9.37 Å². The van der Waals surface area contributed by atoms with Gasteiger partial charge in [-0.15, -0.1) is 12.4 Å². The molecule has 2 heterocycles. The minimum Gasteiger partial charge on any atom is -0.370 e. The van der Waals surface area contributed by atoms with E-state index in [1.54, 1.807) is 6.07 Å². The predicted molar refractivity (Wildman–Crippen MR) is 109 cm³/mol. The molecule has 7 heteroatoms. The van der Waals surface area contributed by atoms with E-state index < -0.39 is 0 Å². The summed E-state index contributed by atoms with van der Waals surface area (Å²) in [5, 5.41) is 6.13. The van der Waals surface area contributed by atoms with Crippen molar-refractivity contribution in [2.24, 2.45) is 5.92 Å². The highest BCUT2D eigenvalue weighted by molar-refractivity contribution is 6.03. The van der Waals surface area contributed by atoms with Gasteiger partial charge in [-0.2, -0.15) is 0 Å². The maximum absolute atomic E-state index is 13.0. The van der Waals surface area contributed by atoms with Crippen molar-refractivity contribution < 1.29 is 9.18 Å². The summed E-state index contributed by atoms with van der Waals surface area (Å²) < 4.78 is 13.0. The average molecular weight is 393 g/mol. The summed E-state index contributed by atoms with van der Waals surface area (Å²) in [6, 6.07) is 10.9. The number of rotatable bonds is 6. The number of piperidine rings is 1. The number of aromatic nitrogens is 1. The predicted octanol–water partition coefficient (Wildman–Crippen LogP) is 4.04. The maximum Gasteiger partial charge on any atom is 0.256 e. The number of nitrogens with zero attached hydrogens (tertiary/aromatic N) is 2. The van der Waals surface area contributed by atoms with Crippen LogP contribution in [0.2, 0.25) is 0 Å². The summed E-state index contributed by atoms with van der Waals surface area (Å²) in [7, 11) is 0. The summed E-state index contributed by atoms with van der Waals surface area (Å²) in [4.78, 5) is 19.1. The summed E-state index contributed by atoms with van der Waals surface area (Å²) in [5.41, 5.74) is 0.397. The maximum atomic E-state index is 13.0. The topological polar surface area (TPSA) is 57.3 Å². The molecule has 2 N–H and O–H groups in total. The smallest absolute Gasteiger partial charge is 0.256 e. The molecule has 3 rings (SSSR count). The number of carbonyl (C=O) groups is 1. The van der Waals surface area contributed by atoms with Crippen LogP contribution in [0.1, 0.15) is 30.1 Å². The lowest BCUT2D eigenvalue weighted by Gasteiger charge is -2.31. The van der Waals surface area contributed by atoms with Gasteiger partial charge in [0.05, 0.1) is 0 Å². The second-order valence-electron chi connectivity index (χ2n) is 6.63. The molecular weight excluding hydrogens is 367 g/mol. The Kier molecular flexibility index (Phi) is 8.00. The van der Waals surface area contributed by atoms with E-state index in [-0.39, 0.29) is 24.1 Å². The van der Waals surface area contributed by atoms with Gasteiger partial charge in [-0.05, 0) is 74.8 Å². The van der Waals surface area contributed by atoms with Crippen molar-refractivity contribution in [2.75, 3.05) is 36.8 Å². The number of halogens is 2. The molecule has 0 aliphatic carbocycles. The number of hydrogen-bond donors (Lipinski definition) is 2. The van der Waals surface area contributed by atoms with Crippen molar-refractivity contribution in [3.8, 4) is 0 Å². The molecule has 1 aromatic heterocycles. The Morgan fingerprint density at radius 2 is 1.81 bits per heavy atom. The van der Waals surface area contributed by atoms with Crippen molar-refractivity contribution in [1.29, 1.82) is 0 Å². The zero-order chi connectivity index (χ0) is 18.4. The number of anilines is 2. The molecule has 0 bridgehead atoms. The summed E-state index contributed by atoms with van der Waals surface area (Å²) in [5.74, 6) is 1.21. The third-order valence-electron chi connectivity index (χ3n) is 4.82. The first-order chi connectivity index (χ1) is 12.6. The lowest BCUT2D eigenvalue weighted by atomic mass is 9.97. The van der Waals surface area contributed by atoms with E-state index in [9.17, 15) is 9.18 Å². The highest BCUT2D eigenvalue weighted by Crippen LogP contribution is 2.18. The molecule has 146 valence electrons. The number of likely N-dealkylation sites (tertiary alicyclic amines) is 1. The fourth-order valence-electron chi connectivity index (χ4n) is 3.15. The quantitative estimate of drug-likeness (QED) is 0.779. The summed E-state index contributed by atoms with van der Waals surface area (Å²) in [6.45, 7) is 6.53. The van der Waals surface area contributed by atoms with Crippen LogP contribution in [0.4, 0.5) is 16.0 Å². The SMILES string of the molecule is CCN1CCC(CNc2cccc(NC(=O)c3ccc(F)cc3)n2)CC1.Cl. The number of amides is 1. The number of nitrogens with one attached hydrogen (secondary N) is 2. The van der Waals surface area contributed by atoms with Crippen molar-refractivity contribution in [3.05, 3.63) is 53.8 Å². The third kappa shape index (κ3) is 6.19. The molecule has 0 spiro atoms. The van der Waals surface area contributed by atoms with Gasteiger partial charge in [0.1, 0.15) is 17.5 Å². The largest absolute Gasteiger partial charge is 0.370 e. The van der Waals surface area contributed by atoms with Gasteiger partial charge in [-0.3, -0.25) is 4.79 Å². The van der Waals surface area contributed by atoms with Gasteiger partial charge in [-0.1, -0.05) is 13.0 Å². The van der Waals surface area contributed by atoms with E-state index in [0.717, 1.165) is 32.0 Å². The van der Waals surface area contributed by atoms with Crippen LogP contribution >= 0.6 is 12.4 Å². The minimum atomic E-state index is -0.365. The van der Waals surface area contributed by atoms with Crippen molar-refractivity contribution in [1.82, 2.24) is 9.88 Å². The number of hydrogen-bond acceptors (Lipinski definition) is 4. The molecule has 0 saturated carbocycles. The van der Waals surface area contributed by atoms with Gasteiger partial charge in [0.25, 0.3) is 5.91 Å². The van der Waals surface area contributed by atoms with Gasteiger partial charge in [0.2, 0.25) is 0 Å². The first-order valence-electron chi connectivity index (χ1n) is 9.14. The Labute approximate surface area is 165 Å². The molecule has 1 aliphatic rings. The van der Waals surface area contributed by atoms with Crippen LogP contribution in [0.15, 0.2) is 42.5 Å². The zero-order valence-electron chi connectivity index (χ0n) is 15.5. The molecule has 0 atom stereocenters. The Balaban J connectivity index is 0.00000261. The fraction of sp³-hybridized carbons (Fsp3) is 0.400. The molecule has 1 aliphatic heterocycles. The van der Waals surface area contributed by atoms with Crippen molar-refractivity contribution in [2.45, 2.75) is 19.8 Å². The highest BCUT2D eigenvalue weighted by atomic mass is 35.5. The van der Waals surface area contributed by atoms with E-state index in [0.29, 0.717) is 17.3 Å². The average Bonchev–Trinajstić information content (AvgIpc) is 2.67. The minimum absolute atomic E-state index is 0. The molecular formula is C20H26ClFN4O. The number of carbonyl (C=O) groups excluding carboxylic acids is 1. The zero-order valence-corrected chi connectivity index (χ0v) is 16.3. The molecule has 0 radical (unpaired) electrons. The first kappa shape index (κ1) is 21.1. The van der Waals surface area contributed by atoms with Gasteiger partial charge in [0.15, 0.2) is 0 Å². The van der Waals surface area contributed by atoms with Gasteiger partial charge < -0.3 is 15.5 Å². The normalized spacial score (nSPS) is 15.0. The van der Waals surface area contributed by atoms with Crippen LogP contribution in [0.3, 0.4) is 0 Å². The molecule has 1 fully saturated rings. The van der Waals surface area contributed by atoms with E-state index >= 15 is 0 Å². The molecule has 1 saturated heterocycles. The standard InChI is InChI=1S/C20H25FN4O.ClH/c1-2-25-12-10-15(11-13-25)14-22-18-4-3-5-19(23-18)24-20(26)16-6-8-17(21)9-7-16;/h3-9,15H,2,10-14H2,1H3,(H2,22,23,24,26);1H. The molecule has 27 heavy (non-hydrogen) atoms. The first-order valence-corrected chi connectivity index (χ1v) is 9.14. The Morgan fingerprint density at radius 3 is 2.48 bits per heavy atom. The molecule has 1 aromatic carbocycles. The second kappa shape index (κ2) is 10.2. The Hall–Kier alpha value is -2.18. The lowest BCUT2D eigenvalue weighted by Crippen LogP contribution is -2.35. The number of benzene rings is 1. The van der Waals surface area contributed by atoms with Crippen LogP contribution in [-0.2, 0) is 0 Å². The van der Waals surface area contributed by atoms with Crippen LogP contribution in [0, 0.1) is 11.7 Å². The van der Waals surface area contributed by atoms with Crippen LogP contribution < -0.4 is 10.6 Å². The van der Waals surface area contributed by atoms with E-state index in [1.807, 2.05) is 12.1 Å². The van der Waals surface area contributed by atoms with Gasteiger partial charge in [0, 0.05) is 12.1 Å². The third-order valence-corrected chi connectivity index (χ3v) is 4.82. The van der Waals surface area contributed by atoms with Crippen LogP contribution in [-0.4, -0.2) is 42.0 Å². The molecule has 2 aromatic rings. The second-order valence-corrected chi connectivity index (χ2v) is 6.63. The monoisotopic (exact) mass is 392 g/mol. The van der Waals surface area contributed by atoms with Crippen molar-refractivity contribution in [3.63, 3.8) is 0 Å². The van der Waals surface area contributed by atoms with E-state index in [4.69, 9.17) is 0 Å². The van der Waals surface area contributed by atoms with E-state index in [1.165, 1.54) is 37.1 Å². The lowest BCUT2D eigenvalue weighted by molar-refractivity contribution is 0.102. The highest BCUT2D eigenvalue weighted by Gasteiger charge is 2.17. The van der Waals surface area contributed by atoms with Crippen molar-refractivity contribution >= 4 is 29.9 Å². The summed E-state index contributed by atoms with van der Waals surface area (Å²) in [6.07, 6.45) is 2.39.